The molecule has 0 aliphatic carbocycles. The van der Waals surface area contributed by atoms with Crippen LogP contribution in [-0.2, 0) is 16.6 Å². The largest absolute Gasteiger partial charge is 0.454 e. The Kier molecular flexibility index (Phi) is 5.95. The monoisotopic (exact) mass is 478 g/mol. The highest BCUT2D eigenvalue weighted by atomic mass is 35.5. The number of carbonyl (C=O) groups is 1. The van der Waals surface area contributed by atoms with Gasteiger partial charge in [-0.25, -0.2) is 8.42 Å². The Morgan fingerprint density at radius 3 is 2.45 bits per heavy atom. The van der Waals surface area contributed by atoms with Crippen LogP contribution in [0.15, 0.2) is 65.6 Å². The normalized spacial score (nSPS) is 12.5. The predicted molar refractivity (Wildman–Crippen MR) is 117 cm³/mol. The van der Waals surface area contributed by atoms with Crippen LogP contribution in [0.3, 0.4) is 0 Å². The molecular formula is C21H16Cl2N2O5S. The number of halogens is 2. The molecule has 0 aromatic heterocycles. The number of fused-ring (bicyclic) bond motifs is 1. The molecule has 3 aromatic carbocycles. The summed E-state index contributed by atoms with van der Waals surface area (Å²) in [5.74, 6) is 0.738. The smallest absolute Gasteiger partial charge is 0.261 e. The molecule has 31 heavy (non-hydrogen) atoms. The summed E-state index contributed by atoms with van der Waals surface area (Å²) in [6.07, 6.45) is 0. The van der Waals surface area contributed by atoms with Gasteiger partial charge < -0.3 is 14.8 Å². The quantitative estimate of drug-likeness (QED) is 0.545. The number of benzene rings is 3. The topological polar surface area (TPSA) is 93.7 Å². The number of hydrogen-bond donors (Lipinski definition) is 2. The Hall–Kier alpha value is -2.94. The minimum absolute atomic E-state index is 0.0430. The van der Waals surface area contributed by atoms with Gasteiger partial charge in [-0.2, -0.15) is 0 Å². The van der Waals surface area contributed by atoms with E-state index < -0.39 is 15.9 Å². The van der Waals surface area contributed by atoms with E-state index in [1.807, 2.05) is 0 Å². The van der Waals surface area contributed by atoms with Crippen molar-refractivity contribution in [3.63, 3.8) is 0 Å². The minimum atomic E-state index is -3.94. The molecule has 0 saturated heterocycles. The molecule has 1 aliphatic rings. The maximum Gasteiger partial charge on any atom is 0.261 e. The van der Waals surface area contributed by atoms with E-state index in [1.165, 1.54) is 30.3 Å². The fraction of sp³-hybridized carbons (Fsp3) is 0.0952. The third-order valence-corrected chi connectivity index (χ3v) is 6.44. The molecule has 0 radical (unpaired) electrons. The van der Waals surface area contributed by atoms with E-state index in [2.05, 4.69) is 10.0 Å². The highest BCUT2D eigenvalue weighted by molar-refractivity contribution is 7.92. The minimum Gasteiger partial charge on any atom is -0.454 e. The van der Waals surface area contributed by atoms with E-state index in [1.54, 1.807) is 30.3 Å². The van der Waals surface area contributed by atoms with Crippen molar-refractivity contribution in [2.75, 3.05) is 11.5 Å². The Balaban J connectivity index is 1.50. The molecule has 1 heterocycles. The average Bonchev–Trinajstić information content (AvgIpc) is 3.21. The lowest BCUT2D eigenvalue weighted by molar-refractivity contribution is 0.0950. The molecule has 0 bridgehead atoms. The van der Waals surface area contributed by atoms with Crippen LogP contribution >= 0.6 is 23.2 Å². The third kappa shape index (κ3) is 4.87. The van der Waals surface area contributed by atoms with Crippen molar-refractivity contribution in [1.82, 2.24) is 5.32 Å². The number of hydrogen-bond acceptors (Lipinski definition) is 5. The van der Waals surface area contributed by atoms with Gasteiger partial charge in [-0.05, 0) is 60.2 Å². The predicted octanol–water partition coefficient (Wildman–Crippen LogP) is 4.45. The summed E-state index contributed by atoms with van der Waals surface area (Å²) in [7, 11) is -3.94. The van der Waals surface area contributed by atoms with Gasteiger partial charge in [0.05, 0.1) is 15.5 Å². The maximum atomic E-state index is 12.7. The molecule has 160 valence electrons. The molecule has 0 unspecified atom stereocenters. The van der Waals surface area contributed by atoms with Crippen molar-refractivity contribution >= 4 is 44.8 Å². The van der Waals surface area contributed by atoms with Crippen LogP contribution in [0.5, 0.6) is 11.5 Å². The van der Waals surface area contributed by atoms with E-state index in [4.69, 9.17) is 32.7 Å². The summed E-state index contributed by atoms with van der Waals surface area (Å²) in [5, 5.41) is 3.35. The number of ether oxygens (including phenoxy) is 2. The number of nitrogens with one attached hydrogen (secondary N) is 2. The molecule has 7 nitrogen and oxygen atoms in total. The average molecular weight is 479 g/mol. The van der Waals surface area contributed by atoms with Crippen LogP contribution in [-0.4, -0.2) is 21.1 Å². The van der Waals surface area contributed by atoms with Crippen molar-refractivity contribution in [2.45, 2.75) is 11.4 Å². The van der Waals surface area contributed by atoms with Crippen LogP contribution < -0.4 is 19.5 Å². The Morgan fingerprint density at radius 2 is 1.68 bits per heavy atom. The van der Waals surface area contributed by atoms with Crippen molar-refractivity contribution in [1.29, 1.82) is 0 Å². The highest BCUT2D eigenvalue weighted by Crippen LogP contribution is 2.32. The summed E-state index contributed by atoms with van der Waals surface area (Å²) in [6, 6.07) is 15.5. The van der Waals surface area contributed by atoms with Crippen LogP contribution in [0.4, 0.5) is 5.69 Å². The van der Waals surface area contributed by atoms with E-state index in [0.29, 0.717) is 22.2 Å². The number of sulfonamides is 1. The van der Waals surface area contributed by atoms with E-state index >= 15 is 0 Å². The van der Waals surface area contributed by atoms with Gasteiger partial charge in [0.2, 0.25) is 6.79 Å². The van der Waals surface area contributed by atoms with E-state index in [-0.39, 0.29) is 28.8 Å². The second-order valence-corrected chi connectivity index (χ2v) is 9.15. The van der Waals surface area contributed by atoms with Gasteiger partial charge in [-0.15, -0.1) is 0 Å². The Labute approximate surface area is 188 Å². The second-order valence-electron chi connectivity index (χ2n) is 6.62. The number of anilines is 1. The first-order valence-electron chi connectivity index (χ1n) is 9.06. The zero-order valence-electron chi connectivity index (χ0n) is 15.9. The first-order chi connectivity index (χ1) is 14.8. The van der Waals surface area contributed by atoms with Gasteiger partial charge in [-0.1, -0.05) is 29.3 Å². The zero-order chi connectivity index (χ0) is 22.0. The molecule has 1 aliphatic heterocycles. The summed E-state index contributed by atoms with van der Waals surface area (Å²) in [4.78, 5) is 12.6. The molecule has 0 spiro atoms. The molecule has 0 atom stereocenters. The SMILES string of the molecule is O=C(NCc1ccc2c(c1)OCO2)c1cc(S(=O)(=O)Nc2ccc(Cl)cc2)ccc1Cl. The number of carbonyl (C=O) groups excluding carboxylic acids is 1. The van der Waals surface area contributed by atoms with Gasteiger partial charge in [0, 0.05) is 17.3 Å². The van der Waals surface area contributed by atoms with Crippen molar-refractivity contribution in [3.8, 4) is 11.5 Å². The molecule has 0 saturated carbocycles. The fourth-order valence-corrected chi connectivity index (χ4v) is 4.32. The molecule has 4 rings (SSSR count). The highest BCUT2D eigenvalue weighted by Gasteiger charge is 2.19. The number of rotatable bonds is 6. The number of amides is 1. The summed E-state index contributed by atoms with van der Waals surface area (Å²) < 4.78 is 38.5. The summed E-state index contributed by atoms with van der Waals surface area (Å²) in [5.41, 5.74) is 1.18. The Morgan fingerprint density at radius 1 is 0.935 bits per heavy atom. The van der Waals surface area contributed by atoms with E-state index in [0.717, 1.165) is 5.56 Å². The molecule has 3 aromatic rings. The van der Waals surface area contributed by atoms with Crippen LogP contribution in [0.2, 0.25) is 10.0 Å². The lowest BCUT2D eigenvalue weighted by Gasteiger charge is -2.11. The van der Waals surface area contributed by atoms with Gasteiger partial charge >= 0.3 is 0 Å². The third-order valence-electron chi connectivity index (χ3n) is 4.48. The van der Waals surface area contributed by atoms with E-state index in [9.17, 15) is 13.2 Å². The summed E-state index contributed by atoms with van der Waals surface area (Å²) >= 11 is 12.0. The molecule has 10 heteroatoms. The molecule has 1 amide bonds. The first kappa shape index (κ1) is 21.3. The maximum absolute atomic E-state index is 12.7. The van der Waals surface area contributed by atoms with Crippen molar-refractivity contribution in [3.05, 3.63) is 81.8 Å². The lowest BCUT2D eigenvalue weighted by atomic mass is 10.1. The van der Waals surface area contributed by atoms with Crippen LogP contribution in [0, 0.1) is 0 Å². The van der Waals surface area contributed by atoms with Gasteiger partial charge in [0.25, 0.3) is 15.9 Å². The fourth-order valence-electron chi connectivity index (χ4n) is 2.91. The molecule has 2 N–H and O–H groups in total. The van der Waals surface area contributed by atoms with Crippen LogP contribution in [0.25, 0.3) is 0 Å². The van der Waals surface area contributed by atoms with Crippen molar-refractivity contribution in [2.24, 2.45) is 0 Å². The van der Waals surface area contributed by atoms with Gasteiger partial charge in [0.15, 0.2) is 11.5 Å². The van der Waals surface area contributed by atoms with Gasteiger partial charge in [0.1, 0.15) is 0 Å². The first-order valence-corrected chi connectivity index (χ1v) is 11.3. The lowest BCUT2D eigenvalue weighted by Crippen LogP contribution is -2.23. The summed E-state index contributed by atoms with van der Waals surface area (Å²) in [6.45, 7) is 0.359. The molecule has 0 fully saturated rings. The molecular weight excluding hydrogens is 463 g/mol. The van der Waals surface area contributed by atoms with Crippen molar-refractivity contribution < 1.29 is 22.7 Å². The standard InChI is InChI=1S/C21H16Cl2N2O5S/c22-14-2-4-15(5-3-14)25-31(27,28)16-6-7-18(23)17(10-16)21(26)24-11-13-1-8-19-20(9-13)30-12-29-19/h1-10,25H,11-12H2,(H,24,26). The Bertz CT molecular complexity index is 1250. The zero-order valence-corrected chi connectivity index (χ0v) is 18.2. The van der Waals surface area contributed by atoms with Gasteiger partial charge in [-0.3, -0.25) is 9.52 Å². The second kappa shape index (κ2) is 8.66. The van der Waals surface area contributed by atoms with Crippen LogP contribution in [0.1, 0.15) is 15.9 Å².